The third-order valence-corrected chi connectivity index (χ3v) is 1.41. The minimum absolute atomic E-state index is 0.254. The van der Waals surface area contributed by atoms with Gasteiger partial charge in [-0.2, -0.15) is 16.7 Å². The van der Waals surface area contributed by atoms with Crippen LogP contribution in [0.1, 0.15) is 5.82 Å². The Morgan fingerprint density at radius 2 is 2.60 bits per heavy atom. The topological polar surface area (TPSA) is 77.0 Å². The molecule has 0 amide bonds. The Balaban J connectivity index is 2.59. The zero-order valence-corrected chi connectivity index (χ0v) is 6.31. The highest BCUT2D eigenvalue weighted by Crippen LogP contribution is 2.06. The van der Waals surface area contributed by atoms with Crippen molar-refractivity contribution >= 4 is 17.8 Å². The predicted molar refractivity (Wildman–Crippen MR) is 39.3 cm³/mol. The van der Waals surface area contributed by atoms with Crippen molar-refractivity contribution in [3.05, 3.63) is 5.82 Å². The van der Waals surface area contributed by atoms with Gasteiger partial charge in [-0.15, -0.1) is 0 Å². The number of hydrogen-bond acceptors (Lipinski definition) is 6. The number of thioether (sulfide) groups is 1. The second kappa shape index (κ2) is 3.43. The fourth-order valence-corrected chi connectivity index (χ4v) is 0.876. The minimum Gasteiger partial charge on any atom is -0.314 e. The number of rotatable bonds is 3. The molecule has 0 spiro atoms. The van der Waals surface area contributed by atoms with Gasteiger partial charge >= 0.3 is 6.01 Å². The minimum atomic E-state index is 0.254. The Hall–Kier alpha value is -0.750. The molecule has 0 saturated heterocycles. The summed E-state index contributed by atoms with van der Waals surface area (Å²) in [5, 5.41) is 3.63. The fraction of sp³-hybridized carbons (Fsp3) is 0.500. The lowest BCUT2D eigenvalue weighted by Gasteiger charge is -1.84. The molecule has 1 aromatic heterocycles. The molecule has 10 heavy (non-hydrogen) atoms. The number of hydrazine groups is 1. The molecular weight excluding hydrogens is 152 g/mol. The van der Waals surface area contributed by atoms with E-state index in [1.54, 1.807) is 11.8 Å². The maximum Gasteiger partial charge on any atom is 0.335 e. The van der Waals surface area contributed by atoms with Gasteiger partial charge in [0.05, 0.1) is 5.75 Å². The van der Waals surface area contributed by atoms with E-state index in [2.05, 4.69) is 20.1 Å². The first-order valence-electron chi connectivity index (χ1n) is 2.65. The van der Waals surface area contributed by atoms with Crippen LogP contribution < -0.4 is 11.3 Å². The summed E-state index contributed by atoms with van der Waals surface area (Å²) in [6.45, 7) is 0. The smallest absolute Gasteiger partial charge is 0.314 e. The maximum absolute atomic E-state index is 5.01. The summed E-state index contributed by atoms with van der Waals surface area (Å²) < 4.78 is 4.66. The monoisotopic (exact) mass is 160 g/mol. The van der Waals surface area contributed by atoms with Gasteiger partial charge in [0.2, 0.25) is 0 Å². The van der Waals surface area contributed by atoms with E-state index in [0.717, 1.165) is 5.75 Å². The summed E-state index contributed by atoms with van der Waals surface area (Å²) in [4.78, 5) is 3.88. The summed E-state index contributed by atoms with van der Waals surface area (Å²) in [5.41, 5.74) is 2.26. The Kier molecular flexibility index (Phi) is 2.52. The highest BCUT2D eigenvalue weighted by molar-refractivity contribution is 7.97. The van der Waals surface area contributed by atoms with Crippen LogP contribution in [0, 0.1) is 0 Å². The van der Waals surface area contributed by atoms with Gasteiger partial charge in [-0.1, -0.05) is 5.16 Å². The number of nitrogen functional groups attached to an aromatic ring is 1. The number of nitrogens with two attached hydrogens (primary N) is 1. The number of anilines is 1. The molecule has 0 aromatic carbocycles. The Labute approximate surface area is 62.3 Å². The van der Waals surface area contributed by atoms with Crippen LogP contribution in [0.5, 0.6) is 0 Å². The molecule has 0 radical (unpaired) electrons. The molecule has 3 N–H and O–H groups in total. The Morgan fingerprint density at radius 3 is 3.10 bits per heavy atom. The lowest BCUT2D eigenvalue weighted by molar-refractivity contribution is 0.425. The van der Waals surface area contributed by atoms with E-state index in [9.17, 15) is 0 Å². The molecule has 6 heteroatoms. The number of hydrogen-bond donors (Lipinski definition) is 2. The summed E-state index contributed by atoms with van der Waals surface area (Å²) in [6.07, 6.45) is 1.96. The molecule has 0 saturated carbocycles. The second-order valence-corrected chi connectivity index (χ2v) is 2.46. The highest BCUT2D eigenvalue weighted by Gasteiger charge is 2.01. The molecule has 5 nitrogen and oxygen atoms in total. The van der Waals surface area contributed by atoms with Gasteiger partial charge in [0.15, 0.2) is 5.82 Å². The molecule has 0 aliphatic carbocycles. The molecule has 1 rings (SSSR count). The van der Waals surface area contributed by atoms with E-state index in [1.807, 2.05) is 6.26 Å². The van der Waals surface area contributed by atoms with Crippen molar-refractivity contribution in [2.75, 3.05) is 11.7 Å². The summed E-state index contributed by atoms with van der Waals surface area (Å²) in [6, 6.07) is 0.254. The van der Waals surface area contributed by atoms with E-state index < -0.39 is 0 Å². The third kappa shape index (κ3) is 1.61. The van der Waals surface area contributed by atoms with Crippen molar-refractivity contribution in [3.63, 3.8) is 0 Å². The first-order valence-corrected chi connectivity index (χ1v) is 4.04. The SMILES string of the molecule is CSCc1noc(NN)n1. The van der Waals surface area contributed by atoms with Gasteiger partial charge in [0, 0.05) is 0 Å². The van der Waals surface area contributed by atoms with Crippen LogP contribution in [0.3, 0.4) is 0 Å². The lowest BCUT2D eigenvalue weighted by Crippen LogP contribution is -2.06. The van der Waals surface area contributed by atoms with Gasteiger partial charge < -0.3 is 4.52 Å². The molecule has 56 valence electrons. The summed E-state index contributed by atoms with van der Waals surface area (Å²) in [5.74, 6) is 6.40. The molecule has 0 aliphatic heterocycles. The first kappa shape index (κ1) is 7.36. The van der Waals surface area contributed by atoms with Crippen molar-refractivity contribution in [1.29, 1.82) is 0 Å². The number of nitrogens with one attached hydrogen (secondary N) is 1. The van der Waals surface area contributed by atoms with Crippen molar-refractivity contribution in [1.82, 2.24) is 10.1 Å². The van der Waals surface area contributed by atoms with E-state index >= 15 is 0 Å². The highest BCUT2D eigenvalue weighted by atomic mass is 32.2. The van der Waals surface area contributed by atoms with Crippen molar-refractivity contribution < 1.29 is 4.52 Å². The van der Waals surface area contributed by atoms with Gasteiger partial charge in [0.1, 0.15) is 0 Å². The predicted octanol–water partition coefficient (Wildman–Crippen LogP) is 0.218. The molecular formula is C4H8N4OS. The van der Waals surface area contributed by atoms with Gasteiger partial charge in [-0.05, 0) is 6.26 Å². The largest absolute Gasteiger partial charge is 0.335 e. The standard InChI is InChI=1S/C4H8N4OS/c1-10-2-3-6-4(7-5)9-8-3/h2,5H2,1H3,(H,6,7,8). The van der Waals surface area contributed by atoms with E-state index in [0.29, 0.717) is 5.82 Å². The van der Waals surface area contributed by atoms with Crippen LogP contribution in [-0.4, -0.2) is 16.4 Å². The lowest BCUT2D eigenvalue weighted by atomic mass is 10.7. The van der Waals surface area contributed by atoms with Crippen LogP contribution in [0.2, 0.25) is 0 Å². The second-order valence-electron chi connectivity index (χ2n) is 1.59. The zero-order valence-electron chi connectivity index (χ0n) is 5.50. The molecule has 0 bridgehead atoms. The number of nitrogens with zero attached hydrogens (tertiary/aromatic N) is 2. The van der Waals surface area contributed by atoms with Crippen LogP contribution in [0.4, 0.5) is 6.01 Å². The van der Waals surface area contributed by atoms with Gasteiger partial charge in [-0.3, -0.25) is 5.43 Å². The average Bonchev–Trinajstić information content (AvgIpc) is 2.37. The summed E-state index contributed by atoms with van der Waals surface area (Å²) >= 11 is 1.62. The third-order valence-electron chi connectivity index (χ3n) is 0.865. The molecule has 1 aromatic rings. The summed E-state index contributed by atoms with van der Waals surface area (Å²) in [7, 11) is 0. The molecule has 0 fully saturated rings. The zero-order chi connectivity index (χ0) is 7.40. The van der Waals surface area contributed by atoms with E-state index in [-0.39, 0.29) is 6.01 Å². The molecule has 0 unspecified atom stereocenters. The van der Waals surface area contributed by atoms with Crippen LogP contribution in [-0.2, 0) is 5.75 Å². The average molecular weight is 160 g/mol. The molecule has 0 aliphatic rings. The van der Waals surface area contributed by atoms with Gasteiger partial charge in [0.25, 0.3) is 0 Å². The fourth-order valence-electron chi connectivity index (χ4n) is 0.500. The molecule has 1 heterocycles. The van der Waals surface area contributed by atoms with Crippen molar-refractivity contribution in [2.24, 2.45) is 5.84 Å². The van der Waals surface area contributed by atoms with E-state index in [1.165, 1.54) is 0 Å². The van der Waals surface area contributed by atoms with Crippen molar-refractivity contribution in [2.45, 2.75) is 5.75 Å². The van der Waals surface area contributed by atoms with Crippen LogP contribution in [0.15, 0.2) is 4.52 Å². The number of aromatic nitrogens is 2. The Morgan fingerprint density at radius 1 is 1.80 bits per heavy atom. The van der Waals surface area contributed by atoms with Crippen LogP contribution in [0.25, 0.3) is 0 Å². The normalized spacial score (nSPS) is 9.80. The first-order chi connectivity index (χ1) is 4.86. The van der Waals surface area contributed by atoms with E-state index in [4.69, 9.17) is 5.84 Å². The van der Waals surface area contributed by atoms with Crippen LogP contribution >= 0.6 is 11.8 Å². The molecule has 0 atom stereocenters. The van der Waals surface area contributed by atoms with Gasteiger partial charge in [-0.25, -0.2) is 5.84 Å². The quantitative estimate of drug-likeness (QED) is 0.486. The maximum atomic E-state index is 5.01. The van der Waals surface area contributed by atoms with Crippen molar-refractivity contribution in [3.8, 4) is 0 Å². The Bertz CT molecular complexity index is 201.